The predicted octanol–water partition coefficient (Wildman–Crippen LogP) is 3.01. The summed E-state index contributed by atoms with van der Waals surface area (Å²) in [5, 5.41) is 3.30. The smallest absolute Gasteiger partial charge is 0.262 e. The number of piperidine rings is 1. The van der Waals surface area contributed by atoms with E-state index < -0.39 is 5.82 Å². The number of carbonyl (C=O) groups excluding carboxylic acids is 1. The molecule has 0 spiro atoms. The molecule has 3 fully saturated rings. The Morgan fingerprint density at radius 2 is 1.91 bits per heavy atom. The summed E-state index contributed by atoms with van der Waals surface area (Å²) < 4.78 is 15.4. The molecule has 0 saturated carbocycles. The van der Waals surface area contributed by atoms with Gasteiger partial charge < -0.3 is 15.1 Å². The first-order valence-electron chi connectivity index (χ1n) is 12.0. The molecule has 1 aromatic heterocycles. The van der Waals surface area contributed by atoms with Gasteiger partial charge >= 0.3 is 0 Å². The number of aromatic nitrogens is 2. The van der Waals surface area contributed by atoms with E-state index in [-0.39, 0.29) is 29.9 Å². The van der Waals surface area contributed by atoms with E-state index in [9.17, 15) is 14.0 Å². The Balaban J connectivity index is 1.62. The molecule has 8 heteroatoms. The van der Waals surface area contributed by atoms with Crippen LogP contribution in [0.1, 0.15) is 26.7 Å². The first-order chi connectivity index (χ1) is 16.4. The zero-order chi connectivity index (χ0) is 23.8. The number of anilines is 1. The van der Waals surface area contributed by atoms with Crippen LogP contribution < -0.4 is 15.8 Å². The van der Waals surface area contributed by atoms with Gasteiger partial charge in [-0.3, -0.25) is 14.2 Å². The van der Waals surface area contributed by atoms with Crippen LogP contribution in [0.4, 0.5) is 10.1 Å². The average molecular weight is 464 g/mol. The fourth-order valence-corrected chi connectivity index (χ4v) is 5.12. The number of rotatable bonds is 5. The minimum Gasteiger partial charge on any atom is -0.367 e. The van der Waals surface area contributed by atoms with Crippen LogP contribution in [0.15, 0.2) is 47.3 Å². The zero-order valence-corrected chi connectivity index (χ0v) is 19.6. The molecule has 6 rings (SSSR count). The molecule has 7 nitrogen and oxygen atoms in total. The molecule has 3 aliphatic heterocycles. The van der Waals surface area contributed by atoms with Crippen molar-refractivity contribution >= 4 is 22.5 Å². The molecule has 0 unspecified atom stereocenters. The minimum atomic E-state index is -0.424. The molecule has 1 N–H and O–H groups in total. The third-order valence-corrected chi connectivity index (χ3v) is 6.76. The highest BCUT2D eigenvalue weighted by molar-refractivity contribution is 5.84. The van der Waals surface area contributed by atoms with Gasteiger partial charge in [0, 0.05) is 49.5 Å². The fourth-order valence-electron chi connectivity index (χ4n) is 5.12. The van der Waals surface area contributed by atoms with E-state index in [0.717, 1.165) is 44.7 Å². The third kappa shape index (κ3) is 4.42. The second-order valence-corrected chi connectivity index (χ2v) is 9.53. The van der Waals surface area contributed by atoms with Crippen LogP contribution in [0.3, 0.4) is 0 Å². The number of carbonyl (C=O) groups is 1. The van der Waals surface area contributed by atoms with Gasteiger partial charge in [-0.05, 0) is 57.0 Å². The van der Waals surface area contributed by atoms with Gasteiger partial charge in [-0.25, -0.2) is 9.37 Å². The lowest BCUT2D eigenvalue weighted by Crippen LogP contribution is -2.38. The van der Waals surface area contributed by atoms with Crippen molar-refractivity contribution in [3.8, 4) is 11.4 Å². The molecule has 34 heavy (non-hydrogen) atoms. The lowest BCUT2D eigenvalue weighted by molar-refractivity contribution is -0.122. The largest absolute Gasteiger partial charge is 0.367 e. The normalized spacial score (nSPS) is 20.1. The Kier molecular flexibility index (Phi) is 6.08. The highest BCUT2D eigenvalue weighted by atomic mass is 19.1. The summed E-state index contributed by atoms with van der Waals surface area (Å²) in [5.74, 6) is -0.428. The van der Waals surface area contributed by atoms with Crippen LogP contribution in [0.2, 0.25) is 0 Å². The van der Waals surface area contributed by atoms with E-state index >= 15 is 0 Å². The Labute approximate surface area is 198 Å². The van der Waals surface area contributed by atoms with E-state index in [2.05, 4.69) is 15.1 Å². The number of benzene rings is 2. The van der Waals surface area contributed by atoms with Crippen molar-refractivity contribution in [3.05, 3.63) is 58.6 Å². The van der Waals surface area contributed by atoms with Gasteiger partial charge in [0.2, 0.25) is 5.91 Å². The van der Waals surface area contributed by atoms with Crippen LogP contribution in [-0.2, 0) is 11.3 Å². The summed E-state index contributed by atoms with van der Waals surface area (Å²) >= 11 is 0. The Hall–Kier alpha value is -3.26. The minimum absolute atomic E-state index is 0.0603. The van der Waals surface area contributed by atoms with E-state index in [1.165, 1.54) is 16.7 Å². The monoisotopic (exact) mass is 463 g/mol. The standard InChI is InChI=1S/C26H30FN5O2/c1-17(2)28-24(33)16-32-25(18-4-3-5-19(27)14-18)29-23-7-6-21(15-22(23)26(32)34)31-13-12-30-10-8-20(31)9-11-30/h3-7,14-15,17,20H,8-13,16H2,1-2H3,(H,28,33). The van der Waals surface area contributed by atoms with Crippen LogP contribution in [0.25, 0.3) is 22.3 Å². The topological polar surface area (TPSA) is 70.5 Å². The number of hydrogen-bond donors (Lipinski definition) is 1. The Morgan fingerprint density at radius 1 is 1.12 bits per heavy atom. The lowest BCUT2D eigenvalue weighted by Gasteiger charge is -2.33. The van der Waals surface area contributed by atoms with E-state index in [0.29, 0.717) is 22.5 Å². The molecule has 3 saturated heterocycles. The molecule has 0 radical (unpaired) electrons. The molecular formula is C26H30FN5O2. The van der Waals surface area contributed by atoms with E-state index in [1.807, 2.05) is 32.0 Å². The van der Waals surface area contributed by atoms with Gasteiger partial charge in [-0.15, -0.1) is 0 Å². The molecule has 2 aromatic carbocycles. The first-order valence-corrected chi connectivity index (χ1v) is 12.0. The van der Waals surface area contributed by atoms with Gasteiger partial charge in [0.25, 0.3) is 5.56 Å². The highest BCUT2D eigenvalue weighted by Crippen LogP contribution is 2.29. The molecule has 1 amide bonds. The van der Waals surface area contributed by atoms with Crippen LogP contribution in [0.5, 0.6) is 0 Å². The number of amides is 1. The fraction of sp³-hybridized carbons (Fsp3) is 0.423. The second-order valence-electron chi connectivity index (χ2n) is 9.53. The van der Waals surface area contributed by atoms with Crippen molar-refractivity contribution < 1.29 is 9.18 Å². The van der Waals surface area contributed by atoms with E-state index in [1.54, 1.807) is 12.1 Å². The van der Waals surface area contributed by atoms with Gasteiger partial charge in [-0.2, -0.15) is 0 Å². The molecule has 178 valence electrons. The molecule has 3 aliphatic rings. The van der Waals surface area contributed by atoms with Gasteiger partial charge in [-0.1, -0.05) is 12.1 Å². The number of nitrogens with zero attached hydrogens (tertiary/aromatic N) is 4. The first kappa shape index (κ1) is 22.5. The SMILES string of the molecule is CC(C)NC(=O)Cn1c(-c2cccc(F)c2)nc2ccc(N3CCN4CCC3CC4)cc2c1=O. The van der Waals surface area contributed by atoms with Gasteiger partial charge in [0.15, 0.2) is 0 Å². The van der Waals surface area contributed by atoms with Crippen molar-refractivity contribution in [2.45, 2.75) is 45.3 Å². The quantitative estimate of drug-likeness (QED) is 0.630. The van der Waals surface area contributed by atoms with Gasteiger partial charge in [0.05, 0.1) is 10.9 Å². The number of nitrogens with one attached hydrogen (secondary N) is 1. The van der Waals surface area contributed by atoms with E-state index in [4.69, 9.17) is 4.98 Å². The van der Waals surface area contributed by atoms with Crippen molar-refractivity contribution in [2.24, 2.45) is 0 Å². The Bertz CT molecular complexity index is 1280. The lowest BCUT2D eigenvalue weighted by atomic mass is 10.0. The number of halogens is 1. The van der Waals surface area contributed by atoms with Crippen LogP contribution >= 0.6 is 0 Å². The summed E-state index contributed by atoms with van der Waals surface area (Å²) in [7, 11) is 0. The summed E-state index contributed by atoms with van der Waals surface area (Å²) in [6.45, 7) is 7.73. The third-order valence-electron chi connectivity index (χ3n) is 6.76. The summed E-state index contributed by atoms with van der Waals surface area (Å²) in [6, 6.07) is 12.2. The maximum atomic E-state index is 14.0. The number of hydrogen-bond acceptors (Lipinski definition) is 5. The maximum absolute atomic E-state index is 14.0. The zero-order valence-electron chi connectivity index (χ0n) is 19.6. The molecular weight excluding hydrogens is 433 g/mol. The number of fused-ring (bicyclic) bond motifs is 5. The maximum Gasteiger partial charge on any atom is 0.262 e. The molecule has 4 heterocycles. The molecule has 2 bridgehead atoms. The van der Waals surface area contributed by atoms with Crippen LogP contribution in [-0.4, -0.2) is 58.6 Å². The van der Waals surface area contributed by atoms with Crippen molar-refractivity contribution in [1.82, 2.24) is 19.8 Å². The van der Waals surface area contributed by atoms with Crippen molar-refractivity contribution in [1.29, 1.82) is 0 Å². The van der Waals surface area contributed by atoms with Gasteiger partial charge in [0.1, 0.15) is 18.2 Å². The Morgan fingerprint density at radius 3 is 2.65 bits per heavy atom. The van der Waals surface area contributed by atoms with Crippen LogP contribution in [0, 0.1) is 5.82 Å². The van der Waals surface area contributed by atoms with Crippen molar-refractivity contribution in [2.75, 3.05) is 31.1 Å². The summed E-state index contributed by atoms with van der Waals surface area (Å²) in [5.41, 5.74) is 1.71. The summed E-state index contributed by atoms with van der Waals surface area (Å²) in [4.78, 5) is 35.9. The molecule has 0 aliphatic carbocycles. The highest BCUT2D eigenvalue weighted by Gasteiger charge is 2.29. The predicted molar refractivity (Wildman–Crippen MR) is 131 cm³/mol. The second kappa shape index (κ2) is 9.18. The molecule has 3 aromatic rings. The summed E-state index contributed by atoms with van der Waals surface area (Å²) in [6.07, 6.45) is 2.24. The van der Waals surface area contributed by atoms with Crippen molar-refractivity contribution in [3.63, 3.8) is 0 Å². The average Bonchev–Trinajstić information content (AvgIpc) is 3.14. The molecule has 0 atom stereocenters.